The first-order valence-corrected chi connectivity index (χ1v) is 9.58. The molecule has 2 aromatic heterocycles. The van der Waals surface area contributed by atoms with Crippen molar-refractivity contribution in [1.29, 1.82) is 0 Å². The summed E-state index contributed by atoms with van der Waals surface area (Å²) in [5.74, 6) is 0.291. The Morgan fingerprint density at radius 1 is 1.13 bits per heavy atom. The first-order valence-electron chi connectivity index (χ1n) is 9.20. The second-order valence-corrected chi connectivity index (χ2v) is 7.04. The van der Waals surface area contributed by atoms with Crippen molar-refractivity contribution in [1.82, 2.24) is 14.7 Å². The molecule has 30 heavy (non-hydrogen) atoms. The Morgan fingerprint density at radius 2 is 1.87 bits per heavy atom. The maximum Gasteiger partial charge on any atom is 0.363 e. The fraction of sp³-hybridized carbons (Fsp3) is 0.136. The average Bonchev–Trinajstić information content (AvgIpc) is 3.16. The molecule has 4 rings (SSSR count). The molecule has 8 heteroatoms. The zero-order valence-electron chi connectivity index (χ0n) is 16.4. The summed E-state index contributed by atoms with van der Waals surface area (Å²) in [6.07, 6.45) is 1.42. The van der Waals surface area contributed by atoms with Crippen molar-refractivity contribution in [2.75, 3.05) is 19.1 Å². The Morgan fingerprint density at radius 3 is 2.57 bits per heavy atom. The molecule has 2 aromatic carbocycles. The highest BCUT2D eigenvalue weighted by Gasteiger charge is 2.17. The van der Waals surface area contributed by atoms with Gasteiger partial charge in [-0.15, -0.1) is 4.73 Å². The van der Waals surface area contributed by atoms with E-state index in [1.54, 1.807) is 37.4 Å². The quantitative estimate of drug-likeness (QED) is 0.437. The monoisotopic (exact) mass is 422 g/mol. The van der Waals surface area contributed by atoms with Gasteiger partial charge in [0.15, 0.2) is 5.65 Å². The van der Waals surface area contributed by atoms with Crippen LogP contribution in [0.15, 0.2) is 67.0 Å². The molecular weight excluding hydrogens is 404 g/mol. The number of anilines is 1. The van der Waals surface area contributed by atoms with E-state index in [0.29, 0.717) is 23.3 Å². The van der Waals surface area contributed by atoms with E-state index in [4.69, 9.17) is 21.2 Å². The fourth-order valence-electron chi connectivity index (χ4n) is 3.09. The second kappa shape index (κ2) is 8.42. The summed E-state index contributed by atoms with van der Waals surface area (Å²) >= 11 is 6.26. The van der Waals surface area contributed by atoms with Gasteiger partial charge < -0.3 is 14.5 Å². The smallest absolute Gasteiger partial charge is 0.363 e. The molecule has 0 unspecified atom stereocenters. The SMILES string of the molecule is COc1ccc(CN(C)c2cc(Cl)nc3c2ncn3OC(=O)c2ccccc2)cc1. The van der Waals surface area contributed by atoms with E-state index in [9.17, 15) is 4.79 Å². The second-order valence-electron chi connectivity index (χ2n) is 6.66. The zero-order chi connectivity index (χ0) is 21.1. The fourth-order valence-corrected chi connectivity index (χ4v) is 3.27. The molecule has 0 aliphatic rings. The van der Waals surface area contributed by atoms with E-state index in [-0.39, 0.29) is 5.15 Å². The summed E-state index contributed by atoms with van der Waals surface area (Å²) in [4.78, 5) is 28.6. The summed E-state index contributed by atoms with van der Waals surface area (Å²) < 4.78 is 6.44. The first kappa shape index (κ1) is 19.7. The van der Waals surface area contributed by atoms with Gasteiger partial charge in [0.1, 0.15) is 22.7 Å². The van der Waals surface area contributed by atoms with Gasteiger partial charge in [0.25, 0.3) is 0 Å². The number of aromatic nitrogens is 3. The van der Waals surface area contributed by atoms with Crippen LogP contribution in [0.2, 0.25) is 5.15 Å². The van der Waals surface area contributed by atoms with Crippen LogP contribution < -0.4 is 14.5 Å². The number of imidazole rings is 1. The number of carbonyl (C=O) groups is 1. The van der Waals surface area contributed by atoms with E-state index in [1.165, 1.54) is 11.1 Å². The van der Waals surface area contributed by atoms with Gasteiger partial charge in [0.2, 0.25) is 0 Å². The Balaban J connectivity index is 1.62. The number of hydrogen-bond acceptors (Lipinski definition) is 6. The zero-order valence-corrected chi connectivity index (χ0v) is 17.2. The summed E-state index contributed by atoms with van der Waals surface area (Å²) in [6.45, 7) is 0.621. The molecule has 0 N–H and O–H groups in total. The van der Waals surface area contributed by atoms with Crippen molar-refractivity contribution in [2.45, 2.75) is 6.54 Å². The molecule has 0 radical (unpaired) electrons. The third kappa shape index (κ3) is 4.06. The number of ether oxygens (including phenoxy) is 1. The molecule has 0 fully saturated rings. The molecule has 0 aliphatic heterocycles. The van der Waals surface area contributed by atoms with E-state index >= 15 is 0 Å². The average molecular weight is 423 g/mol. The number of nitrogens with zero attached hydrogens (tertiary/aromatic N) is 4. The highest BCUT2D eigenvalue weighted by Crippen LogP contribution is 2.28. The maximum absolute atomic E-state index is 12.4. The lowest BCUT2D eigenvalue weighted by atomic mass is 10.2. The van der Waals surface area contributed by atoms with Gasteiger partial charge in [-0.1, -0.05) is 41.9 Å². The third-order valence-corrected chi connectivity index (χ3v) is 4.80. The van der Waals surface area contributed by atoms with Crippen molar-refractivity contribution in [2.24, 2.45) is 0 Å². The third-order valence-electron chi connectivity index (χ3n) is 4.60. The van der Waals surface area contributed by atoms with Crippen molar-refractivity contribution in [3.8, 4) is 5.75 Å². The van der Waals surface area contributed by atoms with Crippen LogP contribution in [0.1, 0.15) is 15.9 Å². The molecule has 152 valence electrons. The van der Waals surface area contributed by atoms with Crippen LogP contribution >= 0.6 is 11.6 Å². The highest BCUT2D eigenvalue weighted by molar-refractivity contribution is 6.30. The molecule has 0 spiro atoms. The topological polar surface area (TPSA) is 69.5 Å². The van der Waals surface area contributed by atoms with Crippen molar-refractivity contribution in [3.63, 3.8) is 0 Å². The number of benzene rings is 2. The Bertz CT molecular complexity index is 1180. The van der Waals surface area contributed by atoms with Crippen LogP contribution in [0.4, 0.5) is 5.69 Å². The predicted octanol–water partition coefficient (Wildman–Crippen LogP) is 4.00. The van der Waals surface area contributed by atoms with E-state index in [1.807, 2.05) is 42.3 Å². The summed E-state index contributed by atoms with van der Waals surface area (Å²) in [6, 6.07) is 18.3. The van der Waals surface area contributed by atoms with Gasteiger partial charge in [-0.3, -0.25) is 0 Å². The molecule has 0 aliphatic carbocycles. The van der Waals surface area contributed by atoms with E-state index in [0.717, 1.165) is 17.0 Å². The van der Waals surface area contributed by atoms with Crippen molar-refractivity contribution >= 4 is 34.4 Å². The van der Waals surface area contributed by atoms with Crippen LogP contribution in [0.25, 0.3) is 11.2 Å². The lowest BCUT2D eigenvalue weighted by Crippen LogP contribution is -2.20. The summed E-state index contributed by atoms with van der Waals surface area (Å²) in [5, 5.41) is 0.275. The van der Waals surface area contributed by atoms with Crippen LogP contribution in [0.3, 0.4) is 0 Å². The number of carbonyl (C=O) groups excluding carboxylic acids is 1. The minimum absolute atomic E-state index is 0.275. The van der Waals surface area contributed by atoms with Gasteiger partial charge in [0.05, 0.1) is 18.4 Å². The van der Waals surface area contributed by atoms with Crippen molar-refractivity contribution < 1.29 is 14.4 Å². The Labute approximate surface area is 178 Å². The lowest BCUT2D eigenvalue weighted by Gasteiger charge is -2.20. The van der Waals surface area contributed by atoms with Crippen LogP contribution in [0, 0.1) is 0 Å². The maximum atomic E-state index is 12.4. The normalized spacial score (nSPS) is 10.8. The largest absolute Gasteiger partial charge is 0.497 e. The number of methoxy groups -OCH3 is 1. The predicted molar refractivity (Wildman–Crippen MR) is 115 cm³/mol. The Kier molecular flexibility index (Phi) is 5.54. The van der Waals surface area contributed by atoms with Crippen LogP contribution in [-0.4, -0.2) is 34.8 Å². The van der Waals surface area contributed by atoms with Gasteiger partial charge in [-0.2, -0.15) is 0 Å². The molecule has 7 nitrogen and oxygen atoms in total. The molecule has 0 amide bonds. The molecule has 0 saturated heterocycles. The highest BCUT2D eigenvalue weighted by atomic mass is 35.5. The standard InChI is InChI=1S/C22H19ClN4O3/c1-26(13-15-8-10-17(29-2)11-9-15)18-12-19(23)25-21-20(18)24-14-27(21)30-22(28)16-6-4-3-5-7-16/h3-12,14H,13H2,1-2H3. The van der Waals surface area contributed by atoms with Gasteiger partial charge >= 0.3 is 5.97 Å². The van der Waals surface area contributed by atoms with Crippen molar-refractivity contribution in [3.05, 3.63) is 83.3 Å². The molecule has 0 bridgehead atoms. The minimum atomic E-state index is -0.509. The number of fused-ring (bicyclic) bond motifs is 1. The molecule has 0 saturated carbocycles. The van der Waals surface area contributed by atoms with E-state index in [2.05, 4.69) is 9.97 Å². The van der Waals surface area contributed by atoms with Crippen LogP contribution in [0.5, 0.6) is 5.75 Å². The number of pyridine rings is 1. The number of rotatable bonds is 6. The lowest BCUT2D eigenvalue weighted by molar-refractivity contribution is 0.0477. The molecule has 2 heterocycles. The Hall–Kier alpha value is -3.58. The van der Waals surface area contributed by atoms with Gasteiger partial charge in [-0.05, 0) is 29.8 Å². The van der Waals surface area contributed by atoms with E-state index < -0.39 is 5.97 Å². The number of halogens is 1. The van der Waals surface area contributed by atoms with Gasteiger partial charge in [0, 0.05) is 19.7 Å². The first-order chi connectivity index (χ1) is 14.5. The summed E-state index contributed by atoms with van der Waals surface area (Å²) in [5.41, 5.74) is 3.24. The molecule has 4 aromatic rings. The molecular formula is C22H19ClN4O3. The molecule has 0 atom stereocenters. The summed E-state index contributed by atoms with van der Waals surface area (Å²) in [7, 11) is 3.57. The minimum Gasteiger partial charge on any atom is -0.497 e. The van der Waals surface area contributed by atoms with Gasteiger partial charge in [-0.25, -0.2) is 14.8 Å². The number of hydrogen-bond donors (Lipinski definition) is 0. The van der Waals surface area contributed by atoms with Crippen LogP contribution in [-0.2, 0) is 6.54 Å².